The highest BCUT2D eigenvalue weighted by atomic mass is 16.2. The highest BCUT2D eigenvalue weighted by Crippen LogP contribution is 2.26. The topological polar surface area (TPSA) is 65.9 Å². The molecule has 164 valence electrons. The Bertz CT molecular complexity index is 822. The molecule has 3 fully saturated rings. The monoisotopic (exact) mass is 414 g/mol. The third-order valence-electron chi connectivity index (χ3n) is 7.07. The van der Waals surface area contributed by atoms with Gasteiger partial charge in [0, 0.05) is 63.1 Å². The summed E-state index contributed by atoms with van der Waals surface area (Å²) in [7, 11) is 0. The van der Waals surface area contributed by atoms with Crippen LogP contribution >= 0.6 is 0 Å². The van der Waals surface area contributed by atoms with Crippen LogP contribution in [0.4, 0.5) is 0 Å². The average Bonchev–Trinajstić information content (AvgIpc) is 3.33. The molecule has 4 heterocycles. The second kappa shape index (κ2) is 9.33. The SMILES string of the molecule is CCn1ccc(C(=O)N2CCC(N3CCC[C@@H](C(=O)N4CCCC4)C3)CC2)cc1=O. The number of hydrogen-bond donors (Lipinski definition) is 0. The van der Waals surface area contributed by atoms with E-state index < -0.39 is 0 Å². The minimum atomic E-state index is -0.125. The number of rotatable bonds is 4. The van der Waals surface area contributed by atoms with Crippen molar-refractivity contribution < 1.29 is 9.59 Å². The van der Waals surface area contributed by atoms with Crippen LogP contribution in [0, 0.1) is 5.92 Å². The molecule has 0 bridgehead atoms. The van der Waals surface area contributed by atoms with Crippen molar-refractivity contribution in [3.8, 4) is 0 Å². The highest BCUT2D eigenvalue weighted by Gasteiger charge is 2.34. The van der Waals surface area contributed by atoms with Crippen LogP contribution < -0.4 is 5.56 Å². The molecule has 7 heteroatoms. The molecule has 4 rings (SSSR count). The van der Waals surface area contributed by atoms with Crippen molar-refractivity contribution in [1.29, 1.82) is 0 Å². The number of likely N-dealkylation sites (tertiary alicyclic amines) is 3. The molecule has 0 N–H and O–H groups in total. The predicted molar refractivity (Wildman–Crippen MR) is 115 cm³/mol. The molecule has 1 aromatic heterocycles. The van der Waals surface area contributed by atoms with Gasteiger partial charge in [-0.05, 0) is 58.1 Å². The number of nitrogens with zero attached hydrogens (tertiary/aromatic N) is 4. The molecule has 1 atom stereocenters. The number of carbonyl (C=O) groups excluding carboxylic acids is 2. The summed E-state index contributed by atoms with van der Waals surface area (Å²) in [4.78, 5) is 44.1. The first-order valence-corrected chi connectivity index (χ1v) is 11.6. The maximum Gasteiger partial charge on any atom is 0.254 e. The van der Waals surface area contributed by atoms with Crippen molar-refractivity contribution in [2.75, 3.05) is 39.3 Å². The van der Waals surface area contributed by atoms with Crippen molar-refractivity contribution in [3.05, 3.63) is 34.2 Å². The minimum Gasteiger partial charge on any atom is -0.342 e. The summed E-state index contributed by atoms with van der Waals surface area (Å²) >= 11 is 0. The van der Waals surface area contributed by atoms with E-state index in [2.05, 4.69) is 9.80 Å². The quantitative estimate of drug-likeness (QED) is 0.754. The number of carbonyl (C=O) groups is 2. The summed E-state index contributed by atoms with van der Waals surface area (Å²) in [5.74, 6) is 0.447. The molecule has 0 aromatic carbocycles. The number of aromatic nitrogens is 1. The summed E-state index contributed by atoms with van der Waals surface area (Å²) in [6.07, 6.45) is 7.94. The van der Waals surface area contributed by atoms with Gasteiger partial charge < -0.3 is 14.4 Å². The van der Waals surface area contributed by atoms with Gasteiger partial charge in [0.2, 0.25) is 5.91 Å². The largest absolute Gasteiger partial charge is 0.342 e. The fourth-order valence-electron chi connectivity index (χ4n) is 5.25. The van der Waals surface area contributed by atoms with Gasteiger partial charge in [-0.3, -0.25) is 19.3 Å². The van der Waals surface area contributed by atoms with Gasteiger partial charge in [-0.15, -0.1) is 0 Å². The number of aryl methyl sites for hydroxylation is 1. The van der Waals surface area contributed by atoms with Crippen LogP contribution in [-0.2, 0) is 11.3 Å². The first kappa shape index (κ1) is 21.1. The van der Waals surface area contributed by atoms with E-state index in [0.717, 1.165) is 64.7 Å². The summed E-state index contributed by atoms with van der Waals surface area (Å²) in [5.41, 5.74) is 0.359. The van der Waals surface area contributed by atoms with E-state index in [1.54, 1.807) is 16.8 Å². The highest BCUT2D eigenvalue weighted by molar-refractivity contribution is 5.94. The molecular weight excluding hydrogens is 380 g/mol. The van der Waals surface area contributed by atoms with Crippen LogP contribution in [0.5, 0.6) is 0 Å². The Kier molecular flexibility index (Phi) is 6.56. The van der Waals surface area contributed by atoms with Gasteiger partial charge in [-0.25, -0.2) is 0 Å². The van der Waals surface area contributed by atoms with E-state index in [-0.39, 0.29) is 17.4 Å². The Labute approximate surface area is 178 Å². The van der Waals surface area contributed by atoms with Gasteiger partial charge in [-0.1, -0.05) is 0 Å². The number of hydrogen-bond acceptors (Lipinski definition) is 4. The fraction of sp³-hybridized carbons (Fsp3) is 0.696. The van der Waals surface area contributed by atoms with Crippen LogP contribution in [0.1, 0.15) is 55.8 Å². The van der Waals surface area contributed by atoms with Gasteiger partial charge in [-0.2, -0.15) is 0 Å². The van der Waals surface area contributed by atoms with Gasteiger partial charge >= 0.3 is 0 Å². The van der Waals surface area contributed by atoms with Crippen molar-refractivity contribution in [3.63, 3.8) is 0 Å². The molecule has 1 aromatic rings. The zero-order valence-corrected chi connectivity index (χ0v) is 18.1. The van der Waals surface area contributed by atoms with Crippen LogP contribution in [0.25, 0.3) is 0 Å². The molecule has 0 saturated carbocycles. The van der Waals surface area contributed by atoms with E-state index in [9.17, 15) is 14.4 Å². The number of amides is 2. The second-order valence-corrected chi connectivity index (χ2v) is 8.93. The summed E-state index contributed by atoms with van der Waals surface area (Å²) in [6, 6.07) is 3.65. The van der Waals surface area contributed by atoms with Crippen LogP contribution in [0.3, 0.4) is 0 Å². The van der Waals surface area contributed by atoms with Crippen molar-refractivity contribution in [2.24, 2.45) is 5.92 Å². The lowest BCUT2D eigenvalue weighted by Gasteiger charge is -2.42. The molecule has 3 saturated heterocycles. The predicted octanol–water partition coefficient (Wildman–Crippen LogP) is 1.81. The van der Waals surface area contributed by atoms with E-state index in [4.69, 9.17) is 0 Å². The Morgan fingerprint density at radius 3 is 2.37 bits per heavy atom. The third-order valence-corrected chi connectivity index (χ3v) is 7.07. The maximum atomic E-state index is 12.8. The smallest absolute Gasteiger partial charge is 0.254 e. The molecule has 3 aliphatic heterocycles. The molecule has 0 radical (unpaired) electrons. The zero-order chi connectivity index (χ0) is 21.1. The van der Waals surface area contributed by atoms with Gasteiger partial charge in [0.25, 0.3) is 11.5 Å². The van der Waals surface area contributed by atoms with E-state index in [0.29, 0.717) is 37.1 Å². The summed E-state index contributed by atoms with van der Waals surface area (Å²) < 4.78 is 1.60. The Balaban J connectivity index is 1.31. The normalized spacial score (nSPS) is 23.7. The molecule has 0 unspecified atom stereocenters. The van der Waals surface area contributed by atoms with Crippen molar-refractivity contribution in [1.82, 2.24) is 19.3 Å². The summed E-state index contributed by atoms with van der Waals surface area (Å²) in [5, 5.41) is 0. The van der Waals surface area contributed by atoms with Crippen LogP contribution in [0.2, 0.25) is 0 Å². The van der Waals surface area contributed by atoms with Crippen molar-refractivity contribution in [2.45, 2.75) is 58.0 Å². The molecule has 7 nitrogen and oxygen atoms in total. The Morgan fingerprint density at radius 2 is 1.70 bits per heavy atom. The molecule has 0 aliphatic carbocycles. The fourth-order valence-corrected chi connectivity index (χ4v) is 5.25. The van der Waals surface area contributed by atoms with Gasteiger partial charge in [0.15, 0.2) is 0 Å². The minimum absolute atomic E-state index is 0.0467. The standard InChI is InChI=1S/C23H34N4O3/c1-2-24-13-7-18(16-21(24)28)22(29)26-14-8-20(9-15-26)27-12-5-6-19(17-27)23(30)25-10-3-4-11-25/h7,13,16,19-20H,2-6,8-12,14-15,17H2,1H3/t19-/m1/s1. The number of pyridine rings is 1. The van der Waals surface area contributed by atoms with E-state index in [1.807, 2.05) is 11.8 Å². The number of piperidine rings is 2. The first-order chi connectivity index (χ1) is 14.6. The lowest BCUT2D eigenvalue weighted by Crippen LogP contribution is -2.51. The van der Waals surface area contributed by atoms with Gasteiger partial charge in [0.1, 0.15) is 0 Å². The van der Waals surface area contributed by atoms with Crippen LogP contribution in [0.15, 0.2) is 23.1 Å². The van der Waals surface area contributed by atoms with Crippen molar-refractivity contribution >= 4 is 11.8 Å². The lowest BCUT2D eigenvalue weighted by molar-refractivity contribution is -0.136. The molecule has 0 spiro atoms. The van der Waals surface area contributed by atoms with E-state index >= 15 is 0 Å². The first-order valence-electron chi connectivity index (χ1n) is 11.6. The molecular formula is C23H34N4O3. The average molecular weight is 415 g/mol. The van der Waals surface area contributed by atoms with E-state index in [1.165, 1.54) is 6.07 Å². The molecule has 2 amide bonds. The van der Waals surface area contributed by atoms with Gasteiger partial charge in [0.05, 0.1) is 5.92 Å². The second-order valence-electron chi connectivity index (χ2n) is 8.93. The third kappa shape index (κ3) is 4.46. The lowest BCUT2D eigenvalue weighted by atomic mass is 9.92. The molecule has 3 aliphatic rings. The Hall–Kier alpha value is -2.15. The summed E-state index contributed by atoms with van der Waals surface area (Å²) in [6.45, 7) is 7.72. The zero-order valence-electron chi connectivity index (χ0n) is 18.1. The Morgan fingerprint density at radius 1 is 0.967 bits per heavy atom. The molecule has 30 heavy (non-hydrogen) atoms. The maximum absolute atomic E-state index is 12.8. The van der Waals surface area contributed by atoms with Crippen LogP contribution in [-0.4, -0.2) is 76.4 Å².